The lowest BCUT2D eigenvalue weighted by atomic mass is 10.1. The number of rotatable bonds is 6. The van der Waals surface area contributed by atoms with Crippen LogP contribution in [-0.2, 0) is 6.54 Å². The molecule has 1 aliphatic rings. The number of aromatic nitrogens is 2. The first-order valence-corrected chi connectivity index (χ1v) is 9.20. The molecule has 1 atom stereocenters. The number of halogens is 1. The Bertz CT molecular complexity index is 720. The van der Waals surface area contributed by atoms with Crippen LogP contribution < -0.4 is 5.32 Å². The van der Waals surface area contributed by atoms with E-state index in [1.54, 1.807) is 0 Å². The van der Waals surface area contributed by atoms with Gasteiger partial charge in [-0.3, -0.25) is 9.48 Å². The van der Waals surface area contributed by atoms with E-state index in [1.807, 2.05) is 40.8 Å². The largest absolute Gasteiger partial charge is 0.334 e. The second kappa shape index (κ2) is 9.19. The van der Waals surface area contributed by atoms with Crippen LogP contribution in [0.15, 0.2) is 30.3 Å². The Hall–Kier alpha value is -1.85. The van der Waals surface area contributed by atoms with Crippen molar-refractivity contribution in [3.8, 4) is 0 Å². The van der Waals surface area contributed by atoms with Crippen LogP contribution in [0.4, 0.5) is 0 Å². The van der Waals surface area contributed by atoms with E-state index in [0.29, 0.717) is 6.04 Å². The van der Waals surface area contributed by atoms with Crippen LogP contribution >= 0.6 is 12.4 Å². The van der Waals surface area contributed by atoms with E-state index in [-0.39, 0.29) is 18.3 Å². The zero-order valence-corrected chi connectivity index (χ0v) is 16.7. The first kappa shape index (κ1) is 20.5. The summed E-state index contributed by atoms with van der Waals surface area (Å²) in [5.41, 5.74) is 4.12. The Kier molecular flexibility index (Phi) is 7.23. The Morgan fingerprint density at radius 2 is 2.04 bits per heavy atom. The topological polar surface area (TPSA) is 50.2 Å². The molecule has 5 nitrogen and oxygen atoms in total. The van der Waals surface area contributed by atoms with E-state index in [1.165, 1.54) is 0 Å². The van der Waals surface area contributed by atoms with Crippen molar-refractivity contribution in [3.05, 3.63) is 52.8 Å². The van der Waals surface area contributed by atoms with E-state index in [2.05, 4.69) is 30.3 Å². The summed E-state index contributed by atoms with van der Waals surface area (Å²) in [5.74, 6) is 0.146. The molecular formula is C20H29ClN4O. The second-order valence-corrected chi connectivity index (χ2v) is 6.93. The standard InChI is InChI=1S/C20H28N4O.ClH/c1-4-11-23(19-9-10-21-13-19)20(25)18-7-5-17(6-8-18)14-24-16(3)12-15(2)22-24;/h5-8,12,19,21H,4,9-11,13-14H2,1-3H3;1H. The van der Waals surface area contributed by atoms with Gasteiger partial charge >= 0.3 is 0 Å². The number of amides is 1. The van der Waals surface area contributed by atoms with Gasteiger partial charge < -0.3 is 10.2 Å². The smallest absolute Gasteiger partial charge is 0.254 e. The predicted octanol–water partition coefficient (Wildman–Crippen LogP) is 3.18. The van der Waals surface area contributed by atoms with Crippen molar-refractivity contribution in [2.24, 2.45) is 0 Å². The number of carbonyl (C=O) groups excluding carboxylic acids is 1. The molecule has 3 rings (SSSR count). The maximum Gasteiger partial charge on any atom is 0.254 e. The molecule has 0 radical (unpaired) electrons. The van der Waals surface area contributed by atoms with E-state index in [9.17, 15) is 4.79 Å². The fourth-order valence-corrected chi connectivity index (χ4v) is 3.52. The third kappa shape index (κ3) is 4.65. The lowest BCUT2D eigenvalue weighted by molar-refractivity contribution is 0.0692. The second-order valence-electron chi connectivity index (χ2n) is 6.93. The molecular weight excluding hydrogens is 348 g/mol. The first-order valence-electron chi connectivity index (χ1n) is 9.20. The van der Waals surface area contributed by atoms with Gasteiger partial charge in [-0.15, -0.1) is 12.4 Å². The van der Waals surface area contributed by atoms with Crippen molar-refractivity contribution in [2.45, 2.75) is 46.2 Å². The zero-order valence-electron chi connectivity index (χ0n) is 15.9. The van der Waals surface area contributed by atoms with Crippen LogP contribution in [0.25, 0.3) is 0 Å². The number of carbonyl (C=O) groups is 1. The molecule has 1 N–H and O–H groups in total. The normalized spacial score (nSPS) is 16.3. The van der Waals surface area contributed by atoms with Crippen molar-refractivity contribution < 1.29 is 4.79 Å². The van der Waals surface area contributed by atoms with Gasteiger partial charge in [0.15, 0.2) is 0 Å². The Morgan fingerprint density at radius 1 is 1.31 bits per heavy atom. The molecule has 2 heterocycles. The van der Waals surface area contributed by atoms with Crippen molar-refractivity contribution in [1.82, 2.24) is 20.0 Å². The lowest BCUT2D eigenvalue weighted by Crippen LogP contribution is -2.42. The summed E-state index contributed by atoms with van der Waals surface area (Å²) in [6.07, 6.45) is 2.03. The van der Waals surface area contributed by atoms with Gasteiger partial charge in [0.25, 0.3) is 5.91 Å². The third-order valence-corrected chi connectivity index (χ3v) is 4.84. The van der Waals surface area contributed by atoms with Crippen LogP contribution in [0.3, 0.4) is 0 Å². The number of benzene rings is 1. The molecule has 1 aromatic carbocycles. The number of hydrogen-bond donors (Lipinski definition) is 1. The van der Waals surface area contributed by atoms with Crippen LogP contribution in [0.5, 0.6) is 0 Å². The molecule has 1 aliphatic heterocycles. The minimum Gasteiger partial charge on any atom is -0.334 e. The monoisotopic (exact) mass is 376 g/mol. The van der Waals surface area contributed by atoms with Gasteiger partial charge in [-0.25, -0.2) is 0 Å². The number of nitrogens with one attached hydrogen (secondary N) is 1. The molecule has 0 spiro atoms. The predicted molar refractivity (Wildman–Crippen MR) is 107 cm³/mol. The highest BCUT2D eigenvalue weighted by atomic mass is 35.5. The minimum atomic E-state index is 0. The third-order valence-electron chi connectivity index (χ3n) is 4.84. The molecule has 1 amide bonds. The minimum absolute atomic E-state index is 0. The highest BCUT2D eigenvalue weighted by Gasteiger charge is 2.26. The van der Waals surface area contributed by atoms with Crippen molar-refractivity contribution in [1.29, 1.82) is 0 Å². The highest BCUT2D eigenvalue weighted by molar-refractivity contribution is 5.94. The van der Waals surface area contributed by atoms with Crippen LogP contribution in [-0.4, -0.2) is 46.3 Å². The van der Waals surface area contributed by atoms with Crippen LogP contribution in [0.2, 0.25) is 0 Å². The molecule has 1 saturated heterocycles. The average molecular weight is 377 g/mol. The molecule has 1 unspecified atom stereocenters. The fourth-order valence-electron chi connectivity index (χ4n) is 3.52. The molecule has 0 aliphatic carbocycles. The summed E-state index contributed by atoms with van der Waals surface area (Å²) >= 11 is 0. The summed E-state index contributed by atoms with van der Waals surface area (Å²) in [7, 11) is 0. The first-order chi connectivity index (χ1) is 12.1. The van der Waals surface area contributed by atoms with Gasteiger partial charge in [0.1, 0.15) is 0 Å². The quantitative estimate of drug-likeness (QED) is 0.842. The van der Waals surface area contributed by atoms with Crippen LogP contribution in [0, 0.1) is 13.8 Å². The van der Waals surface area contributed by atoms with Crippen molar-refractivity contribution in [2.75, 3.05) is 19.6 Å². The van der Waals surface area contributed by atoms with E-state index in [0.717, 1.165) is 61.5 Å². The van der Waals surface area contributed by atoms with E-state index < -0.39 is 0 Å². The summed E-state index contributed by atoms with van der Waals surface area (Å²) in [4.78, 5) is 15.0. The lowest BCUT2D eigenvalue weighted by Gasteiger charge is -2.28. The molecule has 6 heteroatoms. The van der Waals surface area contributed by atoms with Gasteiger partial charge in [-0.05, 0) is 57.0 Å². The molecule has 1 aromatic heterocycles. The molecule has 1 fully saturated rings. The summed E-state index contributed by atoms with van der Waals surface area (Å²) < 4.78 is 2.00. The van der Waals surface area contributed by atoms with E-state index in [4.69, 9.17) is 0 Å². The molecule has 142 valence electrons. The average Bonchev–Trinajstić information content (AvgIpc) is 3.23. The maximum absolute atomic E-state index is 12.9. The molecule has 2 aromatic rings. The Labute approximate surface area is 162 Å². The van der Waals surface area contributed by atoms with Crippen molar-refractivity contribution in [3.63, 3.8) is 0 Å². The number of aryl methyl sites for hydroxylation is 2. The Balaban J connectivity index is 0.00000243. The maximum atomic E-state index is 12.9. The van der Waals surface area contributed by atoms with Gasteiger partial charge in [0.2, 0.25) is 0 Å². The molecule has 0 saturated carbocycles. The highest BCUT2D eigenvalue weighted by Crippen LogP contribution is 2.16. The molecule has 26 heavy (non-hydrogen) atoms. The Morgan fingerprint density at radius 3 is 2.58 bits per heavy atom. The van der Waals surface area contributed by atoms with Gasteiger partial charge in [0.05, 0.1) is 12.2 Å². The van der Waals surface area contributed by atoms with Gasteiger partial charge in [-0.1, -0.05) is 19.1 Å². The van der Waals surface area contributed by atoms with Gasteiger partial charge in [0, 0.05) is 30.4 Å². The SMILES string of the molecule is CCCN(C(=O)c1ccc(Cn2nc(C)cc2C)cc1)C1CCNC1.Cl. The number of hydrogen-bond acceptors (Lipinski definition) is 3. The van der Waals surface area contributed by atoms with Gasteiger partial charge in [-0.2, -0.15) is 5.10 Å². The van der Waals surface area contributed by atoms with E-state index >= 15 is 0 Å². The van der Waals surface area contributed by atoms with Crippen LogP contribution in [0.1, 0.15) is 47.1 Å². The summed E-state index contributed by atoms with van der Waals surface area (Å²) in [6.45, 7) is 9.65. The number of nitrogens with zero attached hydrogens (tertiary/aromatic N) is 3. The fraction of sp³-hybridized carbons (Fsp3) is 0.500. The zero-order chi connectivity index (χ0) is 17.8. The van der Waals surface area contributed by atoms with Crippen molar-refractivity contribution >= 4 is 18.3 Å². The summed E-state index contributed by atoms with van der Waals surface area (Å²) in [6, 6.07) is 10.4. The summed E-state index contributed by atoms with van der Waals surface area (Å²) in [5, 5.41) is 7.86. The molecule has 0 bridgehead atoms.